The molecule has 0 bridgehead atoms. The summed E-state index contributed by atoms with van der Waals surface area (Å²) < 4.78 is 8.74. The minimum absolute atomic E-state index is 1.50. The van der Waals surface area contributed by atoms with Gasteiger partial charge in [0.05, 0.1) is 0 Å². The molecule has 0 aliphatic heterocycles. The summed E-state index contributed by atoms with van der Waals surface area (Å²) in [6.07, 6.45) is 24.0. The van der Waals surface area contributed by atoms with Crippen LogP contribution in [0.2, 0.25) is 0 Å². The van der Waals surface area contributed by atoms with Crippen molar-refractivity contribution < 1.29 is 14.4 Å². The standard InChI is InChI=1S/C16H32.H3O3P/c1-2-4-6-8-10-12-14-16-15-13-11-9-7-5-3-1;1-4(2)3/h1-16H2;4H,(H2,1,2,3). The average Bonchev–Trinajstić information content (AvgIpc) is 2.38. The molecule has 3 nitrogen and oxygen atoms in total. The van der Waals surface area contributed by atoms with E-state index < -0.39 is 8.25 Å². The predicted octanol–water partition coefficient (Wildman–Crippen LogP) is 5.60. The maximum Gasteiger partial charge on any atom is 0.314 e. The van der Waals surface area contributed by atoms with Gasteiger partial charge in [0, 0.05) is 0 Å². The molecule has 0 unspecified atom stereocenters. The monoisotopic (exact) mass is 306 g/mol. The van der Waals surface area contributed by atoms with Crippen LogP contribution in [0, 0.1) is 0 Å². The van der Waals surface area contributed by atoms with Gasteiger partial charge in [-0.2, -0.15) is 0 Å². The lowest BCUT2D eigenvalue weighted by molar-refractivity contribution is 0.405. The molecule has 1 aliphatic rings. The zero-order chi connectivity index (χ0) is 14.9. The number of hydrogen-bond acceptors (Lipinski definition) is 1. The van der Waals surface area contributed by atoms with Gasteiger partial charge in [0.1, 0.15) is 0 Å². The number of rotatable bonds is 0. The second-order valence-corrected chi connectivity index (χ2v) is 6.50. The van der Waals surface area contributed by atoms with E-state index in [0.717, 1.165) is 0 Å². The van der Waals surface area contributed by atoms with Crippen molar-refractivity contribution in [3.05, 3.63) is 0 Å². The third-order valence-electron chi connectivity index (χ3n) is 4.00. The van der Waals surface area contributed by atoms with Crippen molar-refractivity contribution in [2.45, 2.75) is 103 Å². The van der Waals surface area contributed by atoms with Crippen LogP contribution >= 0.6 is 8.25 Å². The smallest absolute Gasteiger partial charge is 0.314 e. The Bertz CT molecular complexity index is 142. The summed E-state index contributed by atoms with van der Waals surface area (Å²) in [5, 5.41) is 0. The third kappa shape index (κ3) is 20.5. The Hall–Kier alpha value is 0.150. The predicted molar refractivity (Wildman–Crippen MR) is 87.3 cm³/mol. The highest BCUT2D eigenvalue weighted by molar-refractivity contribution is 7.30. The second-order valence-electron chi connectivity index (χ2n) is 5.94. The van der Waals surface area contributed by atoms with Gasteiger partial charge in [0.25, 0.3) is 0 Å². The van der Waals surface area contributed by atoms with Gasteiger partial charge in [-0.05, 0) is 0 Å². The highest BCUT2D eigenvalue weighted by atomic mass is 31.1. The molecule has 1 saturated carbocycles. The quantitative estimate of drug-likeness (QED) is 0.572. The Morgan fingerprint density at radius 2 is 0.450 bits per heavy atom. The lowest BCUT2D eigenvalue weighted by Gasteiger charge is -2.05. The van der Waals surface area contributed by atoms with Gasteiger partial charge in [-0.3, -0.25) is 4.57 Å². The van der Waals surface area contributed by atoms with Crippen LogP contribution in [0.1, 0.15) is 103 Å². The summed E-state index contributed by atoms with van der Waals surface area (Å²) in [4.78, 5) is 14.3. The van der Waals surface area contributed by atoms with E-state index in [2.05, 4.69) is 0 Å². The molecular formula is C16H35O3P. The molecule has 0 radical (unpaired) electrons. The molecule has 0 amide bonds. The Balaban J connectivity index is 0.000000796. The summed E-state index contributed by atoms with van der Waals surface area (Å²) in [5.74, 6) is 0. The molecule has 0 spiro atoms. The van der Waals surface area contributed by atoms with Crippen molar-refractivity contribution in [3.63, 3.8) is 0 Å². The topological polar surface area (TPSA) is 57.5 Å². The summed E-state index contributed by atoms with van der Waals surface area (Å²) in [6, 6.07) is 0. The average molecular weight is 306 g/mol. The van der Waals surface area contributed by atoms with Crippen LogP contribution in [0.4, 0.5) is 0 Å². The lowest BCUT2D eigenvalue weighted by Crippen LogP contribution is -1.85. The molecule has 0 saturated heterocycles. The molecular weight excluding hydrogens is 271 g/mol. The van der Waals surface area contributed by atoms with Crippen molar-refractivity contribution in [3.8, 4) is 0 Å². The van der Waals surface area contributed by atoms with Crippen LogP contribution in [0.3, 0.4) is 0 Å². The fourth-order valence-electron chi connectivity index (χ4n) is 2.83. The maximum absolute atomic E-state index is 8.74. The molecule has 0 atom stereocenters. The Labute approximate surface area is 126 Å². The molecule has 0 heterocycles. The molecule has 122 valence electrons. The van der Waals surface area contributed by atoms with Gasteiger partial charge in [0.15, 0.2) is 0 Å². The summed E-state index contributed by atoms with van der Waals surface area (Å²) in [5.41, 5.74) is 0. The van der Waals surface area contributed by atoms with E-state index in [4.69, 9.17) is 14.4 Å². The van der Waals surface area contributed by atoms with E-state index in [0.29, 0.717) is 0 Å². The SMILES string of the molecule is C1CCCCCCCCCCCCCCC1.O=[PH](O)O. The zero-order valence-corrected chi connectivity index (χ0v) is 14.1. The number of hydrogen-bond donors (Lipinski definition) is 2. The molecule has 4 heteroatoms. The fraction of sp³-hybridized carbons (Fsp3) is 1.00. The van der Waals surface area contributed by atoms with E-state index in [9.17, 15) is 0 Å². The van der Waals surface area contributed by atoms with E-state index in [1.165, 1.54) is 103 Å². The van der Waals surface area contributed by atoms with Crippen LogP contribution in [0.5, 0.6) is 0 Å². The molecule has 1 rings (SSSR count). The van der Waals surface area contributed by atoms with Gasteiger partial charge in [-0.15, -0.1) is 0 Å². The van der Waals surface area contributed by atoms with Crippen LogP contribution < -0.4 is 0 Å². The van der Waals surface area contributed by atoms with Crippen molar-refractivity contribution in [2.24, 2.45) is 0 Å². The third-order valence-corrected chi connectivity index (χ3v) is 4.00. The molecule has 1 fully saturated rings. The second kappa shape index (κ2) is 17.2. The van der Waals surface area contributed by atoms with Crippen LogP contribution in [-0.2, 0) is 4.57 Å². The first-order chi connectivity index (χ1) is 9.73. The molecule has 0 aromatic carbocycles. The lowest BCUT2D eigenvalue weighted by atomic mass is 10.0. The Morgan fingerprint density at radius 1 is 0.400 bits per heavy atom. The highest BCUT2D eigenvalue weighted by Crippen LogP contribution is 2.16. The summed E-state index contributed by atoms with van der Waals surface area (Å²) in [7, 11) is -3.13. The molecule has 0 aromatic rings. The van der Waals surface area contributed by atoms with Gasteiger partial charge in [-0.1, -0.05) is 103 Å². The normalized spacial score (nSPS) is 20.9. The highest BCUT2D eigenvalue weighted by Gasteiger charge is 1.96. The summed E-state index contributed by atoms with van der Waals surface area (Å²) >= 11 is 0. The van der Waals surface area contributed by atoms with E-state index >= 15 is 0 Å². The van der Waals surface area contributed by atoms with Gasteiger partial charge in [-0.25, -0.2) is 0 Å². The fourth-order valence-corrected chi connectivity index (χ4v) is 2.83. The van der Waals surface area contributed by atoms with Crippen LogP contribution in [0.15, 0.2) is 0 Å². The van der Waals surface area contributed by atoms with Crippen LogP contribution in [-0.4, -0.2) is 9.79 Å². The van der Waals surface area contributed by atoms with Crippen molar-refractivity contribution in [1.82, 2.24) is 0 Å². The Kier molecular flexibility index (Phi) is 17.3. The van der Waals surface area contributed by atoms with Gasteiger partial charge >= 0.3 is 8.25 Å². The van der Waals surface area contributed by atoms with E-state index in [-0.39, 0.29) is 0 Å². The van der Waals surface area contributed by atoms with Crippen molar-refractivity contribution in [2.75, 3.05) is 0 Å². The van der Waals surface area contributed by atoms with Crippen molar-refractivity contribution >= 4 is 8.25 Å². The summed E-state index contributed by atoms with van der Waals surface area (Å²) in [6.45, 7) is 0. The van der Waals surface area contributed by atoms with Crippen LogP contribution in [0.25, 0.3) is 0 Å². The first kappa shape index (κ1) is 20.1. The van der Waals surface area contributed by atoms with E-state index in [1.807, 2.05) is 0 Å². The first-order valence-corrected chi connectivity index (χ1v) is 9.95. The van der Waals surface area contributed by atoms with E-state index in [1.54, 1.807) is 0 Å². The van der Waals surface area contributed by atoms with Gasteiger partial charge < -0.3 is 9.79 Å². The molecule has 1 aliphatic carbocycles. The minimum Gasteiger partial charge on any atom is -0.326 e. The zero-order valence-electron chi connectivity index (χ0n) is 13.1. The maximum atomic E-state index is 8.74. The molecule has 2 N–H and O–H groups in total. The minimum atomic E-state index is -3.13. The van der Waals surface area contributed by atoms with Crippen molar-refractivity contribution in [1.29, 1.82) is 0 Å². The molecule has 0 aromatic heterocycles. The first-order valence-electron chi connectivity index (χ1n) is 8.65. The molecule has 20 heavy (non-hydrogen) atoms. The largest absolute Gasteiger partial charge is 0.326 e. The Morgan fingerprint density at radius 3 is 0.500 bits per heavy atom. The van der Waals surface area contributed by atoms with Gasteiger partial charge in [0.2, 0.25) is 0 Å².